The molecule has 0 aromatic heterocycles. The monoisotopic (exact) mass is 470 g/mol. The fourth-order valence-electron chi connectivity index (χ4n) is 6.99. The van der Waals surface area contributed by atoms with Crippen molar-refractivity contribution in [2.24, 2.45) is 23.2 Å². The predicted octanol–water partition coefficient (Wildman–Crippen LogP) is 5.19. The van der Waals surface area contributed by atoms with E-state index < -0.39 is 33.1 Å². The molecule has 3 unspecified atom stereocenters. The van der Waals surface area contributed by atoms with Crippen molar-refractivity contribution < 1.29 is 25.1 Å². The fourth-order valence-corrected chi connectivity index (χ4v) is 24.5. The van der Waals surface area contributed by atoms with Gasteiger partial charge in [0.15, 0.2) is 0 Å². The van der Waals surface area contributed by atoms with E-state index in [4.69, 9.17) is 0 Å². The van der Waals surface area contributed by atoms with Crippen LogP contribution in [-0.4, -0.2) is 23.1 Å². The first-order valence-corrected chi connectivity index (χ1v) is 23.1. The van der Waals surface area contributed by atoms with E-state index in [1.54, 1.807) is 3.88 Å². The Labute approximate surface area is 172 Å². The van der Waals surface area contributed by atoms with Crippen LogP contribution >= 0.6 is 0 Å². The number of allylic oxidation sites excluding steroid dienone is 4. The molecule has 0 aromatic rings. The van der Waals surface area contributed by atoms with Gasteiger partial charge in [0.1, 0.15) is 0 Å². The number of hydrogen-bond acceptors (Lipinski definition) is 1. The Kier molecular flexibility index (Phi) is 5.17. The third-order valence-electron chi connectivity index (χ3n) is 8.23. The Morgan fingerprint density at radius 1 is 1.11 bits per heavy atom. The third-order valence-corrected chi connectivity index (χ3v) is 26.9. The van der Waals surface area contributed by atoms with Gasteiger partial charge in [-0.1, -0.05) is 0 Å². The molecule has 0 radical (unpaired) electrons. The number of nitrogens with one attached hydrogen (secondary N) is 1. The minimum atomic E-state index is -1.80. The molecule has 27 heavy (non-hydrogen) atoms. The van der Waals surface area contributed by atoms with Crippen LogP contribution < -0.4 is 3.80 Å². The van der Waals surface area contributed by atoms with Crippen LogP contribution in [0.15, 0.2) is 20.6 Å². The van der Waals surface area contributed by atoms with Crippen LogP contribution in [-0.2, 0) is 20.7 Å². The summed E-state index contributed by atoms with van der Waals surface area (Å²) in [4.78, 5) is 13.6. The van der Waals surface area contributed by atoms with Crippen molar-refractivity contribution in [3.63, 3.8) is 0 Å². The Hall–Kier alpha value is 0.137. The zero-order valence-electron chi connectivity index (χ0n) is 17.8. The Morgan fingerprint density at radius 2 is 1.70 bits per heavy atom. The summed E-state index contributed by atoms with van der Waals surface area (Å²) in [5.74, 6) is 6.55. The van der Waals surface area contributed by atoms with Gasteiger partial charge in [0.25, 0.3) is 0 Å². The molecule has 5 rings (SSSR count). The van der Waals surface area contributed by atoms with Crippen molar-refractivity contribution in [2.45, 2.75) is 83.4 Å². The molecule has 1 N–H and O–H groups in total. The standard InChI is InChI=1S/C11H16FNO.C9H13.C2H7Ge.Ti/c12-11-4-7-1-8(5-11)3-10(2-7,6-11)9(13)14;1-6-5-7(2)9(4)8(6)3;1-3-2;/h7-8H,1-6H2,(H2,13,14);6H,1-4H3;3H,1-2H3;/q;;;+1/p-1. The van der Waals surface area contributed by atoms with E-state index in [0.717, 1.165) is 19.3 Å². The molecule has 4 fully saturated rings. The van der Waals surface area contributed by atoms with Gasteiger partial charge in [-0.2, -0.15) is 0 Å². The predicted molar refractivity (Wildman–Crippen MR) is 108 cm³/mol. The molecule has 3 atom stereocenters. The van der Waals surface area contributed by atoms with Gasteiger partial charge < -0.3 is 0 Å². The van der Waals surface area contributed by atoms with Crippen LogP contribution in [0.1, 0.15) is 66.2 Å². The molecule has 5 aliphatic carbocycles. The van der Waals surface area contributed by atoms with Crippen LogP contribution in [0, 0.1) is 23.2 Å². The molecular formula is C22H35FGeNOTi. The molecule has 5 aliphatic rings. The van der Waals surface area contributed by atoms with Crippen LogP contribution in [0.5, 0.6) is 0 Å². The van der Waals surface area contributed by atoms with Gasteiger partial charge in [-0.3, -0.25) is 0 Å². The summed E-state index contributed by atoms with van der Waals surface area (Å²) in [5, 5.41) is 0. The van der Waals surface area contributed by atoms with Crippen LogP contribution in [0.4, 0.5) is 4.39 Å². The second-order valence-corrected chi connectivity index (χ2v) is 32.2. The van der Waals surface area contributed by atoms with Crippen LogP contribution in [0.2, 0.25) is 11.5 Å². The second-order valence-electron chi connectivity index (χ2n) is 10.5. The van der Waals surface area contributed by atoms with Gasteiger partial charge >= 0.3 is 173 Å². The number of carbonyl (C=O) groups is 1. The van der Waals surface area contributed by atoms with E-state index in [1.807, 2.05) is 0 Å². The molecule has 0 heterocycles. The molecule has 5 heteroatoms. The maximum absolute atomic E-state index is 15.3. The number of amides is 1. The van der Waals surface area contributed by atoms with Crippen molar-refractivity contribution in [1.29, 1.82) is 0 Å². The van der Waals surface area contributed by atoms with Crippen molar-refractivity contribution in [2.75, 3.05) is 0 Å². The first kappa shape index (κ1) is 20.4. The van der Waals surface area contributed by atoms with Crippen LogP contribution in [0.3, 0.4) is 0 Å². The van der Waals surface area contributed by atoms with Crippen LogP contribution in [0.25, 0.3) is 0 Å². The SMILES string of the molecule is CC1=C(C)C(C)[C]([Ti]([NH]C(=O)C23CC4CC(CC(F)(C4)C2)C3)[GeH]([CH3])[CH3])=C1C. The Bertz CT molecular complexity index is 729. The third kappa shape index (κ3) is 3.28. The quantitative estimate of drug-likeness (QED) is 0.565. The number of hydrogen-bond donors (Lipinski definition) is 1. The normalized spacial score (nSPS) is 40.4. The summed E-state index contributed by atoms with van der Waals surface area (Å²) in [6, 6.07) is 0. The summed E-state index contributed by atoms with van der Waals surface area (Å²) in [5.41, 5.74) is 2.95. The number of carbonyl (C=O) groups excluding carboxylic acids is 1. The van der Waals surface area contributed by atoms with Gasteiger partial charge in [-0.25, -0.2) is 0 Å². The number of halogens is 1. The van der Waals surface area contributed by atoms with Gasteiger partial charge in [-0.15, -0.1) is 0 Å². The van der Waals surface area contributed by atoms with E-state index in [0.29, 0.717) is 37.0 Å². The summed E-state index contributed by atoms with van der Waals surface area (Å²) < 4.78 is 20.7. The second kappa shape index (κ2) is 6.84. The van der Waals surface area contributed by atoms with E-state index in [2.05, 4.69) is 43.0 Å². The van der Waals surface area contributed by atoms with Gasteiger partial charge in [-0.05, 0) is 0 Å². The molecule has 0 spiro atoms. The average molecular weight is 469 g/mol. The minimum absolute atomic E-state index is 0.252. The first-order chi connectivity index (χ1) is 12.6. The maximum atomic E-state index is 15.3. The van der Waals surface area contributed by atoms with Gasteiger partial charge in [0.05, 0.1) is 0 Å². The van der Waals surface area contributed by atoms with Crippen molar-refractivity contribution >= 4 is 17.4 Å². The molecule has 2 nitrogen and oxygen atoms in total. The van der Waals surface area contributed by atoms with Crippen molar-refractivity contribution in [3.8, 4) is 0 Å². The summed E-state index contributed by atoms with van der Waals surface area (Å²) >= 11 is -3.30. The first-order valence-electron chi connectivity index (χ1n) is 10.8. The molecular weight excluding hydrogens is 434 g/mol. The molecule has 1 amide bonds. The van der Waals surface area contributed by atoms with Gasteiger partial charge in [0.2, 0.25) is 0 Å². The molecule has 149 valence electrons. The molecule has 4 bridgehead atoms. The topological polar surface area (TPSA) is 29.1 Å². The zero-order valence-corrected chi connectivity index (χ0v) is 21.8. The van der Waals surface area contributed by atoms with E-state index in [-0.39, 0.29) is 11.3 Å². The Balaban J connectivity index is 1.60. The van der Waals surface area contributed by atoms with E-state index in [1.165, 1.54) is 16.7 Å². The summed E-state index contributed by atoms with van der Waals surface area (Å²) in [6.07, 6.45) is 4.98. The molecule has 4 saturated carbocycles. The zero-order chi connectivity index (χ0) is 19.7. The summed E-state index contributed by atoms with van der Waals surface area (Å²) in [6.45, 7) is 9.09. The molecule has 0 aromatic carbocycles. The van der Waals surface area contributed by atoms with Gasteiger partial charge in [0, 0.05) is 0 Å². The van der Waals surface area contributed by atoms with E-state index in [9.17, 15) is 4.79 Å². The molecule has 0 saturated heterocycles. The molecule has 0 aliphatic heterocycles. The fraction of sp³-hybridized carbons (Fsp3) is 0.773. The average Bonchev–Trinajstić information content (AvgIpc) is 2.74. The summed E-state index contributed by atoms with van der Waals surface area (Å²) in [7, 11) is 0. The van der Waals surface area contributed by atoms with Crippen molar-refractivity contribution in [1.82, 2.24) is 3.80 Å². The van der Waals surface area contributed by atoms with Crippen molar-refractivity contribution in [3.05, 3.63) is 20.6 Å². The number of alkyl halides is 1. The van der Waals surface area contributed by atoms with E-state index >= 15 is 4.39 Å². The Morgan fingerprint density at radius 3 is 2.15 bits per heavy atom. The number of rotatable bonds is 4.